The first-order chi connectivity index (χ1) is 10.1. The number of anilines is 1. The number of carbonyl (C=O) groups is 1. The molecule has 5 nitrogen and oxygen atoms in total. The summed E-state index contributed by atoms with van der Waals surface area (Å²) >= 11 is 0. The molecule has 0 amide bonds. The van der Waals surface area contributed by atoms with Crippen LogP contribution in [0.5, 0.6) is 0 Å². The molecule has 0 aliphatic rings. The van der Waals surface area contributed by atoms with E-state index in [1.807, 2.05) is 6.07 Å². The van der Waals surface area contributed by atoms with E-state index >= 15 is 0 Å². The van der Waals surface area contributed by atoms with Crippen molar-refractivity contribution in [1.82, 2.24) is 9.97 Å². The van der Waals surface area contributed by atoms with Crippen LogP contribution in [-0.4, -0.2) is 27.6 Å². The number of halogens is 1. The second-order valence-electron chi connectivity index (χ2n) is 4.52. The molecule has 0 radical (unpaired) electrons. The lowest BCUT2D eigenvalue weighted by molar-refractivity contribution is -0.138. The number of hydrogen-bond acceptors (Lipinski definition) is 4. The molecular weight excluding hydrogens is 273 g/mol. The fourth-order valence-corrected chi connectivity index (χ4v) is 2.01. The summed E-state index contributed by atoms with van der Waals surface area (Å²) < 4.78 is 14.0. The van der Waals surface area contributed by atoms with Crippen molar-refractivity contribution in [2.45, 2.75) is 19.3 Å². The molecule has 1 aromatic carbocycles. The number of nitrogens with zero attached hydrogens (tertiary/aromatic N) is 2. The molecule has 0 saturated heterocycles. The van der Waals surface area contributed by atoms with Crippen molar-refractivity contribution < 1.29 is 14.3 Å². The minimum absolute atomic E-state index is 0.0315. The molecule has 21 heavy (non-hydrogen) atoms. The molecule has 1 unspecified atom stereocenters. The standard InChI is InChI=1S/C15H16FN3O2/c1-2-12-13(16)14(19-9-18-12)17-8-11(15(20)21)10-6-4-3-5-7-10/h3-7,9,11H,2,8H2,1H3,(H,20,21)(H,17,18,19). The summed E-state index contributed by atoms with van der Waals surface area (Å²) in [6.07, 6.45) is 1.71. The summed E-state index contributed by atoms with van der Waals surface area (Å²) in [6, 6.07) is 8.81. The Hall–Kier alpha value is -2.50. The number of benzene rings is 1. The number of hydrogen-bond donors (Lipinski definition) is 2. The van der Waals surface area contributed by atoms with Crippen molar-refractivity contribution >= 4 is 11.8 Å². The van der Waals surface area contributed by atoms with Gasteiger partial charge in [-0.2, -0.15) is 0 Å². The number of aliphatic carboxylic acids is 1. The molecule has 2 rings (SSSR count). The molecule has 1 aromatic heterocycles. The SMILES string of the molecule is CCc1ncnc(NCC(C(=O)O)c2ccccc2)c1F. The lowest BCUT2D eigenvalue weighted by Gasteiger charge is -2.14. The maximum Gasteiger partial charge on any atom is 0.312 e. The smallest absolute Gasteiger partial charge is 0.312 e. The molecule has 0 aliphatic carbocycles. The van der Waals surface area contributed by atoms with Crippen molar-refractivity contribution in [3.8, 4) is 0 Å². The van der Waals surface area contributed by atoms with Crippen molar-refractivity contribution in [3.05, 3.63) is 53.7 Å². The molecule has 0 fully saturated rings. The molecule has 2 N–H and O–H groups in total. The first-order valence-corrected chi connectivity index (χ1v) is 6.64. The van der Waals surface area contributed by atoms with E-state index in [1.54, 1.807) is 31.2 Å². The van der Waals surface area contributed by atoms with Crippen LogP contribution in [-0.2, 0) is 11.2 Å². The highest BCUT2D eigenvalue weighted by Gasteiger charge is 2.20. The topological polar surface area (TPSA) is 75.1 Å². The Morgan fingerprint density at radius 3 is 2.67 bits per heavy atom. The zero-order valence-corrected chi connectivity index (χ0v) is 11.6. The highest BCUT2D eigenvalue weighted by Crippen LogP contribution is 2.18. The van der Waals surface area contributed by atoms with E-state index in [1.165, 1.54) is 6.33 Å². The zero-order chi connectivity index (χ0) is 15.2. The van der Waals surface area contributed by atoms with Crippen molar-refractivity contribution in [2.24, 2.45) is 0 Å². The van der Waals surface area contributed by atoms with Gasteiger partial charge in [0, 0.05) is 6.54 Å². The van der Waals surface area contributed by atoms with Gasteiger partial charge in [-0.15, -0.1) is 0 Å². The van der Waals surface area contributed by atoms with Crippen LogP contribution < -0.4 is 5.32 Å². The first-order valence-electron chi connectivity index (χ1n) is 6.64. The van der Waals surface area contributed by atoms with Crippen LogP contribution in [0.4, 0.5) is 10.2 Å². The fraction of sp³-hybridized carbons (Fsp3) is 0.267. The van der Waals surface area contributed by atoms with E-state index in [-0.39, 0.29) is 12.4 Å². The number of aromatic nitrogens is 2. The Morgan fingerprint density at radius 2 is 2.05 bits per heavy atom. The molecule has 2 aromatic rings. The minimum Gasteiger partial charge on any atom is -0.481 e. The third-order valence-corrected chi connectivity index (χ3v) is 3.17. The fourth-order valence-electron chi connectivity index (χ4n) is 2.01. The van der Waals surface area contributed by atoms with Crippen LogP contribution in [0.15, 0.2) is 36.7 Å². The third-order valence-electron chi connectivity index (χ3n) is 3.17. The summed E-state index contributed by atoms with van der Waals surface area (Å²) in [7, 11) is 0. The number of carboxylic acid groups (broad SMARTS) is 1. The van der Waals surface area contributed by atoms with Gasteiger partial charge in [-0.05, 0) is 12.0 Å². The van der Waals surface area contributed by atoms with Gasteiger partial charge in [-0.3, -0.25) is 4.79 Å². The van der Waals surface area contributed by atoms with Gasteiger partial charge in [0.15, 0.2) is 11.6 Å². The van der Waals surface area contributed by atoms with Crippen molar-refractivity contribution in [1.29, 1.82) is 0 Å². The highest BCUT2D eigenvalue weighted by atomic mass is 19.1. The summed E-state index contributed by atoms with van der Waals surface area (Å²) in [5.74, 6) is -2.24. The largest absolute Gasteiger partial charge is 0.481 e. The molecule has 1 atom stereocenters. The minimum atomic E-state index is -0.973. The monoisotopic (exact) mass is 289 g/mol. The van der Waals surface area contributed by atoms with Gasteiger partial charge in [0.25, 0.3) is 0 Å². The Balaban J connectivity index is 2.15. The number of rotatable bonds is 6. The molecule has 0 saturated carbocycles. The Labute approximate surface area is 121 Å². The summed E-state index contributed by atoms with van der Waals surface area (Å²) in [5.41, 5.74) is 0.960. The second-order valence-corrected chi connectivity index (χ2v) is 4.52. The van der Waals surface area contributed by atoms with E-state index in [0.29, 0.717) is 17.7 Å². The Bertz CT molecular complexity index is 620. The van der Waals surface area contributed by atoms with Crippen LogP contribution in [0.1, 0.15) is 24.1 Å². The summed E-state index contributed by atoms with van der Waals surface area (Å²) in [5, 5.41) is 12.1. The number of carboxylic acids is 1. The lowest BCUT2D eigenvalue weighted by atomic mass is 9.99. The van der Waals surface area contributed by atoms with Gasteiger partial charge < -0.3 is 10.4 Å². The van der Waals surface area contributed by atoms with Gasteiger partial charge in [0.05, 0.1) is 11.6 Å². The maximum absolute atomic E-state index is 14.0. The zero-order valence-electron chi connectivity index (χ0n) is 11.6. The summed E-state index contributed by atoms with van der Waals surface area (Å²) in [4.78, 5) is 19.0. The van der Waals surface area contributed by atoms with Crippen LogP contribution in [0.25, 0.3) is 0 Å². The predicted molar refractivity (Wildman–Crippen MR) is 76.7 cm³/mol. The molecule has 0 spiro atoms. The number of nitrogens with one attached hydrogen (secondary N) is 1. The van der Waals surface area contributed by atoms with E-state index in [0.717, 1.165) is 0 Å². The van der Waals surface area contributed by atoms with Crippen LogP contribution in [0.2, 0.25) is 0 Å². The van der Waals surface area contributed by atoms with E-state index in [9.17, 15) is 14.3 Å². The van der Waals surface area contributed by atoms with Crippen LogP contribution >= 0.6 is 0 Å². The van der Waals surface area contributed by atoms with E-state index < -0.39 is 17.7 Å². The van der Waals surface area contributed by atoms with E-state index in [4.69, 9.17) is 0 Å². The molecule has 110 valence electrons. The van der Waals surface area contributed by atoms with Crippen LogP contribution in [0, 0.1) is 5.82 Å². The quantitative estimate of drug-likeness (QED) is 0.854. The normalized spacial score (nSPS) is 11.9. The average Bonchev–Trinajstić information content (AvgIpc) is 2.50. The average molecular weight is 289 g/mol. The highest BCUT2D eigenvalue weighted by molar-refractivity contribution is 5.76. The molecule has 0 bridgehead atoms. The summed E-state index contributed by atoms with van der Waals surface area (Å²) in [6.45, 7) is 1.84. The van der Waals surface area contributed by atoms with Crippen LogP contribution in [0.3, 0.4) is 0 Å². The Morgan fingerprint density at radius 1 is 1.33 bits per heavy atom. The van der Waals surface area contributed by atoms with Crippen molar-refractivity contribution in [2.75, 3.05) is 11.9 Å². The molecule has 1 heterocycles. The van der Waals surface area contributed by atoms with Gasteiger partial charge in [-0.25, -0.2) is 14.4 Å². The van der Waals surface area contributed by atoms with Gasteiger partial charge in [0.1, 0.15) is 6.33 Å². The molecule has 6 heteroatoms. The van der Waals surface area contributed by atoms with Gasteiger partial charge >= 0.3 is 5.97 Å². The van der Waals surface area contributed by atoms with Gasteiger partial charge in [0.2, 0.25) is 0 Å². The number of aryl methyl sites for hydroxylation is 1. The van der Waals surface area contributed by atoms with Crippen molar-refractivity contribution in [3.63, 3.8) is 0 Å². The van der Waals surface area contributed by atoms with E-state index in [2.05, 4.69) is 15.3 Å². The molecular formula is C15H16FN3O2. The first kappa shape index (κ1) is 14.9. The Kier molecular flexibility index (Phi) is 4.81. The lowest BCUT2D eigenvalue weighted by Crippen LogP contribution is -2.22. The third kappa shape index (κ3) is 3.53. The predicted octanol–water partition coefficient (Wildman–Crippen LogP) is 2.46. The van der Waals surface area contributed by atoms with Gasteiger partial charge in [-0.1, -0.05) is 37.3 Å². The second kappa shape index (κ2) is 6.78. The molecule has 0 aliphatic heterocycles. The maximum atomic E-state index is 14.0.